The molecule has 7 heteroatoms. The lowest BCUT2D eigenvalue weighted by atomic mass is 9.94. The van der Waals surface area contributed by atoms with E-state index >= 15 is 0 Å². The Morgan fingerprint density at radius 2 is 1.62 bits per heavy atom. The molecule has 0 saturated carbocycles. The molecule has 4 nitrogen and oxygen atoms in total. The molecule has 0 fully saturated rings. The summed E-state index contributed by atoms with van der Waals surface area (Å²) in [6.07, 6.45) is 0. The molecule has 0 bridgehead atoms. The summed E-state index contributed by atoms with van der Waals surface area (Å²) in [5.41, 5.74) is 8.18. The van der Waals surface area contributed by atoms with E-state index in [9.17, 15) is 9.18 Å². The average molecular weight is 402 g/mol. The monoisotopic (exact) mass is 401 g/mol. The number of nitrogens with two attached hydrogens (primary N) is 1. The Morgan fingerprint density at radius 3 is 2.19 bits per heavy atom. The summed E-state index contributed by atoms with van der Waals surface area (Å²) in [6, 6.07) is 13.5. The van der Waals surface area contributed by atoms with Crippen molar-refractivity contribution in [2.45, 2.75) is 32.9 Å². The zero-order chi connectivity index (χ0) is 17.7. The largest absolute Gasteiger partial charge is 0.381 e. The molecule has 4 N–H and O–H groups in total. The third kappa shape index (κ3) is 6.48. The van der Waals surface area contributed by atoms with E-state index in [0.717, 1.165) is 5.56 Å². The van der Waals surface area contributed by atoms with Crippen molar-refractivity contribution in [3.63, 3.8) is 0 Å². The second kappa shape index (κ2) is 11.0. The summed E-state index contributed by atoms with van der Waals surface area (Å²) >= 11 is 0. The van der Waals surface area contributed by atoms with E-state index in [2.05, 4.69) is 10.6 Å². The maximum absolute atomic E-state index is 13.6. The van der Waals surface area contributed by atoms with Crippen molar-refractivity contribution in [2.24, 2.45) is 11.7 Å². The molecule has 2 aromatic carbocycles. The van der Waals surface area contributed by atoms with Crippen molar-refractivity contribution >= 4 is 42.1 Å². The molecule has 0 aliphatic rings. The molecule has 0 saturated heterocycles. The number of rotatable bonds is 6. The van der Waals surface area contributed by atoms with E-state index in [1.54, 1.807) is 13.0 Å². The van der Waals surface area contributed by atoms with Gasteiger partial charge in [-0.05, 0) is 37.6 Å². The fourth-order valence-electron chi connectivity index (χ4n) is 2.43. The van der Waals surface area contributed by atoms with Crippen LogP contribution in [0.2, 0.25) is 0 Å². The summed E-state index contributed by atoms with van der Waals surface area (Å²) in [6.45, 7) is 5.72. The van der Waals surface area contributed by atoms with Crippen molar-refractivity contribution in [3.8, 4) is 0 Å². The zero-order valence-electron chi connectivity index (χ0n) is 15.0. The number of carbonyl (C=O) groups is 1. The lowest BCUT2D eigenvalue weighted by molar-refractivity contribution is -0.120. The molecule has 144 valence electrons. The molecule has 0 aliphatic heterocycles. The van der Waals surface area contributed by atoms with Crippen LogP contribution in [0.1, 0.15) is 32.4 Å². The Morgan fingerprint density at radius 1 is 1.00 bits per heavy atom. The van der Waals surface area contributed by atoms with Crippen LogP contribution in [0.25, 0.3) is 0 Å². The van der Waals surface area contributed by atoms with Crippen LogP contribution < -0.4 is 16.4 Å². The van der Waals surface area contributed by atoms with Gasteiger partial charge in [-0.25, -0.2) is 4.39 Å². The van der Waals surface area contributed by atoms with Gasteiger partial charge in [0.05, 0.1) is 17.3 Å². The minimum atomic E-state index is -0.456. The molecule has 0 aliphatic carbocycles. The Bertz CT molecular complexity index is 698. The van der Waals surface area contributed by atoms with Crippen LogP contribution in [0.5, 0.6) is 0 Å². The smallest absolute Gasteiger partial charge is 0.229 e. The van der Waals surface area contributed by atoms with Crippen LogP contribution in [0.4, 0.5) is 15.8 Å². The van der Waals surface area contributed by atoms with Gasteiger partial charge in [0.15, 0.2) is 0 Å². The van der Waals surface area contributed by atoms with E-state index in [-0.39, 0.29) is 36.8 Å². The van der Waals surface area contributed by atoms with Gasteiger partial charge in [-0.3, -0.25) is 4.79 Å². The van der Waals surface area contributed by atoms with Gasteiger partial charge in [-0.2, -0.15) is 0 Å². The number of nitrogens with one attached hydrogen (secondary N) is 2. The first-order valence-corrected chi connectivity index (χ1v) is 8.06. The standard InChI is InChI=1S/C19H24FN3O.2ClH/c1-12(2)22-16-10-9-15(20)11-17(16)23-19(24)13(3)18(21)14-7-5-4-6-8-14;;/h4-13,18,22H,21H2,1-3H3,(H,23,24);2*1H. The van der Waals surface area contributed by atoms with Gasteiger partial charge in [-0.1, -0.05) is 37.3 Å². The Kier molecular flexibility index (Phi) is 10.2. The van der Waals surface area contributed by atoms with Crippen molar-refractivity contribution in [1.82, 2.24) is 0 Å². The topological polar surface area (TPSA) is 67.1 Å². The summed E-state index contributed by atoms with van der Waals surface area (Å²) in [7, 11) is 0. The summed E-state index contributed by atoms with van der Waals surface area (Å²) in [4.78, 5) is 12.5. The van der Waals surface area contributed by atoms with E-state index in [0.29, 0.717) is 11.4 Å². The molecule has 2 unspecified atom stereocenters. The maximum Gasteiger partial charge on any atom is 0.229 e. The highest BCUT2D eigenvalue weighted by molar-refractivity contribution is 5.96. The molecule has 1 amide bonds. The SMILES string of the molecule is CC(C)Nc1ccc(F)cc1NC(=O)C(C)C(N)c1ccccc1.Cl.Cl. The number of hydrogen-bond donors (Lipinski definition) is 3. The van der Waals surface area contributed by atoms with Crippen molar-refractivity contribution in [3.05, 3.63) is 59.9 Å². The summed E-state index contributed by atoms with van der Waals surface area (Å²) in [5, 5.41) is 5.98. The molecule has 2 atom stereocenters. The van der Waals surface area contributed by atoms with E-state index < -0.39 is 17.8 Å². The van der Waals surface area contributed by atoms with Crippen molar-refractivity contribution in [1.29, 1.82) is 0 Å². The van der Waals surface area contributed by atoms with Crippen LogP contribution in [0.3, 0.4) is 0 Å². The van der Waals surface area contributed by atoms with E-state index in [1.807, 2.05) is 44.2 Å². The predicted octanol–water partition coefficient (Wildman–Crippen LogP) is 4.76. The molecular formula is C19H26Cl2FN3O. The molecule has 26 heavy (non-hydrogen) atoms. The summed E-state index contributed by atoms with van der Waals surface area (Å²) < 4.78 is 13.6. The number of halogens is 3. The summed E-state index contributed by atoms with van der Waals surface area (Å²) in [5.74, 6) is -1.11. The number of benzene rings is 2. The first-order chi connectivity index (χ1) is 11.4. The lowest BCUT2D eigenvalue weighted by Gasteiger charge is -2.21. The Labute approximate surface area is 166 Å². The number of hydrogen-bond acceptors (Lipinski definition) is 3. The second-order valence-corrected chi connectivity index (χ2v) is 6.20. The lowest BCUT2D eigenvalue weighted by Crippen LogP contribution is -2.30. The number of amides is 1. The van der Waals surface area contributed by atoms with Gasteiger partial charge in [0, 0.05) is 12.1 Å². The van der Waals surface area contributed by atoms with Crippen LogP contribution in [-0.2, 0) is 4.79 Å². The molecule has 0 aromatic heterocycles. The molecule has 2 aromatic rings. The van der Waals surface area contributed by atoms with Gasteiger partial charge < -0.3 is 16.4 Å². The fraction of sp³-hybridized carbons (Fsp3) is 0.316. The van der Waals surface area contributed by atoms with Crippen molar-refractivity contribution < 1.29 is 9.18 Å². The van der Waals surface area contributed by atoms with Crippen molar-refractivity contribution in [2.75, 3.05) is 10.6 Å². The number of anilines is 2. The van der Waals surface area contributed by atoms with Crippen LogP contribution >= 0.6 is 24.8 Å². The minimum absolute atomic E-state index is 0. The van der Waals surface area contributed by atoms with Gasteiger partial charge in [0.1, 0.15) is 5.82 Å². The Balaban J connectivity index is 0.00000312. The second-order valence-electron chi connectivity index (χ2n) is 6.20. The normalized spacial score (nSPS) is 12.4. The third-order valence-corrected chi connectivity index (χ3v) is 3.82. The number of carbonyl (C=O) groups excluding carboxylic acids is 1. The zero-order valence-corrected chi connectivity index (χ0v) is 16.7. The molecule has 0 spiro atoms. The molecule has 0 heterocycles. The van der Waals surface area contributed by atoms with E-state index in [1.165, 1.54) is 12.1 Å². The average Bonchev–Trinajstić information content (AvgIpc) is 2.56. The van der Waals surface area contributed by atoms with Crippen LogP contribution in [-0.4, -0.2) is 11.9 Å². The highest BCUT2D eigenvalue weighted by Gasteiger charge is 2.23. The van der Waals surface area contributed by atoms with Crippen LogP contribution in [0.15, 0.2) is 48.5 Å². The van der Waals surface area contributed by atoms with E-state index in [4.69, 9.17) is 5.73 Å². The van der Waals surface area contributed by atoms with Gasteiger partial charge in [0.25, 0.3) is 0 Å². The molecule has 2 rings (SSSR count). The van der Waals surface area contributed by atoms with Gasteiger partial charge in [0.2, 0.25) is 5.91 Å². The fourth-order valence-corrected chi connectivity index (χ4v) is 2.43. The first-order valence-electron chi connectivity index (χ1n) is 8.06. The highest BCUT2D eigenvalue weighted by atomic mass is 35.5. The highest BCUT2D eigenvalue weighted by Crippen LogP contribution is 2.26. The van der Waals surface area contributed by atoms with Crippen LogP contribution in [0, 0.1) is 11.7 Å². The third-order valence-electron chi connectivity index (χ3n) is 3.82. The first kappa shape index (κ1) is 24.2. The Hall–Kier alpha value is -1.82. The van der Waals surface area contributed by atoms with Gasteiger partial charge >= 0.3 is 0 Å². The predicted molar refractivity (Wildman–Crippen MR) is 111 cm³/mol. The quantitative estimate of drug-likeness (QED) is 0.653. The molecule has 0 radical (unpaired) electrons. The molecular weight excluding hydrogens is 376 g/mol. The maximum atomic E-state index is 13.6. The minimum Gasteiger partial charge on any atom is -0.381 e. The van der Waals surface area contributed by atoms with Gasteiger partial charge in [-0.15, -0.1) is 24.8 Å².